The second-order valence-corrected chi connectivity index (χ2v) is 5.56. The number of anilines is 1. The fraction of sp³-hybridized carbons (Fsp3) is 0.375. The van der Waals surface area contributed by atoms with E-state index in [9.17, 15) is 0 Å². The minimum absolute atomic E-state index is 0.238. The van der Waals surface area contributed by atoms with Gasteiger partial charge in [0, 0.05) is 30.4 Å². The molecule has 1 saturated heterocycles. The lowest BCUT2D eigenvalue weighted by Crippen LogP contribution is -2.27. The highest BCUT2D eigenvalue weighted by Gasteiger charge is 2.21. The third-order valence-electron chi connectivity index (χ3n) is 3.70. The number of aryl methyl sites for hydroxylation is 2. The fourth-order valence-corrected chi connectivity index (χ4v) is 2.54. The lowest BCUT2D eigenvalue weighted by Gasteiger charge is -2.17. The van der Waals surface area contributed by atoms with Crippen LogP contribution < -0.4 is 10.6 Å². The van der Waals surface area contributed by atoms with Crippen molar-refractivity contribution in [2.45, 2.75) is 26.3 Å². The van der Waals surface area contributed by atoms with E-state index in [0.29, 0.717) is 0 Å². The summed E-state index contributed by atoms with van der Waals surface area (Å²) in [5.74, 6) is 0.800. The molecule has 0 radical (unpaired) electrons. The molecule has 1 atom stereocenters. The van der Waals surface area contributed by atoms with E-state index in [4.69, 9.17) is 10.7 Å². The molecule has 20 heavy (non-hydrogen) atoms. The summed E-state index contributed by atoms with van der Waals surface area (Å²) in [6.45, 7) is 5.89. The molecule has 3 rings (SSSR count). The molecular formula is C16H20N4. The summed E-state index contributed by atoms with van der Waals surface area (Å²) in [6, 6.07) is 10.7. The van der Waals surface area contributed by atoms with Crippen LogP contribution in [0.2, 0.25) is 0 Å². The van der Waals surface area contributed by atoms with Crippen molar-refractivity contribution in [3.8, 4) is 11.3 Å². The molecule has 0 spiro atoms. The van der Waals surface area contributed by atoms with Gasteiger partial charge in [-0.25, -0.2) is 9.97 Å². The zero-order valence-electron chi connectivity index (χ0n) is 12.0. The Morgan fingerprint density at radius 2 is 1.90 bits per heavy atom. The van der Waals surface area contributed by atoms with Crippen LogP contribution in [0.5, 0.6) is 0 Å². The predicted molar refractivity (Wildman–Crippen MR) is 81.7 cm³/mol. The normalized spacial score (nSPS) is 18.6. The van der Waals surface area contributed by atoms with E-state index in [1.165, 1.54) is 5.56 Å². The molecule has 0 amide bonds. The largest absolute Gasteiger partial charge is 0.339 e. The molecule has 1 unspecified atom stereocenters. The molecule has 1 aliphatic rings. The maximum absolute atomic E-state index is 5.97. The first-order chi connectivity index (χ1) is 9.61. The van der Waals surface area contributed by atoms with Gasteiger partial charge in [-0.2, -0.15) is 0 Å². The van der Waals surface area contributed by atoms with Crippen LogP contribution in [0.15, 0.2) is 30.3 Å². The lowest BCUT2D eigenvalue weighted by molar-refractivity contribution is 0.750. The van der Waals surface area contributed by atoms with Gasteiger partial charge >= 0.3 is 0 Å². The van der Waals surface area contributed by atoms with Crippen molar-refractivity contribution in [1.29, 1.82) is 0 Å². The Morgan fingerprint density at radius 3 is 2.55 bits per heavy atom. The van der Waals surface area contributed by atoms with E-state index in [-0.39, 0.29) is 6.04 Å². The first-order valence-electron chi connectivity index (χ1n) is 7.05. The molecule has 1 aliphatic heterocycles. The zero-order chi connectivity index (χ0) is 14.1. The Morgan fingerprint density at radius 1 is 1.15 bits per heavy atom. The number of hydrogen-bond acceptors (Lipinski definition) is 4. The smallest absolute Gasteiger partial charge is 0.226 e. The average molecular weight is 268 g/mol. The molecule has 4 nitrogen and oxygen atoms in total. The number of nitrogens with two attached hydrogens (primary N) is 1. The summed E-state index contributed by atoms with van der Waals surface area (Å²) in [5.41, 5.74) is 10.3. The molecule has 2 heterocycles. The van der Waals surface area contributed by atoms with Crippen LogP contribution in [-0.2, 0) is 0 Å². The maximum Gasteiger partial charge on any atom is 0.226 e. The Bertz CT molecular complexity index is 606. The minimum Gasteiger partial charge on any atom is -0.339 e. The summed E-state index contributed by atoms with van der Waals surface area (Å²) >= 11 is 0. The topological polar surface area (TPSA) is 55.0 Å². The van der Waals surface area contributed by atoms with Gasteiger partial charge in [0.15, 0.2) is 0 Å². The molecule has 0 bridgehead atoms. The van der Waals surface area contributed by atoms with Crippen LogP contribution >= 0.6 is 0 Å². The zero-order valence-corrected chi connectivity index (χ0v) is 12.0. The number of hydrogen-bond donors (Lipinski definition) is 1. The van der Waals surface area contributed by atoms with Crippen molar-refractivity contribution in [2.75, 3.05) is 18.0 Å². The summed E-state index contributed by atoms with van der Waals surface area (Å²) in [7, 11) is 0. The lowest BCUT2D eigenvalue weighted by atomic mass is 10.1. The third-order valence-corrected chi connectivity index (χ3v) is 3.70. The Hall–Kier alpha value is -1.94. The maximum atomic E-state index is 5.97. The third kappa shape index (κ3) is 2.65. The van der Waals surface area contributed by atoms with Gasteiger partial charge < -0.3 is 10.6 Å². The number of rotatable bonds is 2. The van der Waals surface area contributed by atoms with Crippen LogP contribution in [0.3, 0.4) is 0 Å². The highest BCUT2D eigenvalue weighted by atomic mass is 15.3. The molecule has 0 aliphatic carbocycles. The van der Waals surface area contributed by atoms with E-state index < -0.39 is 0 Å². The van der Waals surface area contributed by atoms with Crippen LogP contribution in [0, 0.1) is 13.8 Å². The standard InChI is InChI=1S/C16H20N4/c1-11-3-5-13(6-4-11)15-9-12(2)18-16(19-15)20-8-7-14(17)10-20/h3-6,9,14H,7-8,10,17H2,1-2H3. The fourth-order valence-electron chi connectivity index (χ4n) is 2.54. The molecule has 0 saturated carbocycles. The van der Waals surface area contributed by atoms with Crippen LogP contribution in [0.4, 0.5) is 5.95 Å². The molecule has 4 heteroatoms. The van der Waals surface area contributed by atoms with Crippen molar-refractivity contribution in [2.24, 2.45) is 5.73 Å². The van der Waals surface area contributed by atoms with Gasteiger partial charge in [0.1, 0.15) is 0 Å². The SMILES string of the molecule is Cc1ccc(-c2cc(C)nc(N3CCC(N)C3)n2)cc1. The van der Waals surface area contributed by atoms with Crippen LogP contribution in [0.25, 0.3) is 11.3 Å². The van der Waals surface area contributed by atoms with Crippen molar-refractivity contribution < 1.29 is 0 Å². The van der Waals surface area contributed by atoms with Crippen molar-refractivity contribution in [3.63, 3.8) is 0 Å². The monoisotopic (exact) mass is 268 g/mol. The average Bonchev–Trinajstić information content (AvgIpc) is 2.85. The Kier molecular flexibility index (Phi) is 3.40. The number of benzene rings is 1. The second kappa shape index (κ2) is 5.21. The Balaban J connectivity index is 1.96. The molecule has 1 aromatic heterocycles. The van der Waals surface area contributed by atoms with E-state index >= 15 is 0 Å². The number of aromatic nitrogens is 2. The van der Waals surface area contributed by atoms with Gasteiger partial charge in [-0.1, -0.05) is 29.8 Å². The predicted octanol–water partition coefficient (Wildman–Crippen LogP) is 2.30. The van der Waals surface area contributed by atoms with Crippen molar-refractivity contribution in [3.05, 3.63) is 41.6 Å². The summed E-state index contributed by atoms with van der Waals surface area (Å²) in [4.78, 5) is 11.4. The van der Waals surface area contributed by atoms with Gasteiger partial charge in [-0.15, -0.1) is 0 Å². The summed E-state index contributed by atoms with van der Waals surface area (Å²) in [5, 5.41) is 0. The minimum atomic E-state index is 0.238. The van der Waals surface area contributed by atoms with E-state index in [0.717, 1.165) is 42.4 Å². The molecule has 2 N–H and O–H groups in total. The van der Waals surface area contributed by atoms with Crippen LogP contribution in [0.1, 0.15) is 17.7 Å². The van der Waals surface area contributed by atoms with E-state index in [1.54, 1.807) is 0 Å². The van der Waals surface area contributed by atoms with Gasteiger partial charge in [-0.3, -0.25) is 0 Å². The highest BCUT2D eigenvalue weighted by molar-refractivity contribution is 5.61. The van der Waals surface area contributed by atoms with Crippen LogP contribution in [-0.4, -0.2) is 29.1 Å². The molecule has 1 aromatic carbocycles. The van der Waals surface area contributed by atoms with Gasteiger partial charge in [0.2, 0.25) is 5.95 Å². The van der Waals surface area contributed by atoms with Gasteiger partial charge in [0.05, 0.1) is 5.69 Å². The molecule has 104 valence electrons. The first kappa shape index (κ1) is 13.1. The first-order valence-corrected chi connectivity index (χ1v) is 7.05. The van der Waals surface area contributed by atoms with E-state index in [1.807, 2.05) is 13.0 Å². The second-order valence-electron chi connectivity index (χ2n) is 5.56. The van der Waals surface area contributed by atoms with Gasteiger partial charge in [0.25, 0.3) is 0 Å². The summed E-state index contributed by atoms with van der Waals surface area (Å²) in [6.07, 6.45) is 1.01. The summed E-state index contributed by atoms with van der Waals surface area (Å²) < 4.78 is 0. The molecule has 1 fully saturated rings. The quantitative estimate of drug-likeness (QED) is 0.908. The van der Waals surface area contributed by atoms with Crippen molar-refractivity contribution in [1.82, 2.24) is 9.97 Å². The van der Waals surface area contributed by atoms with E-state index in [2.05, 4.69) is 41.1 Å². The molecular weight excluding hydrogens is 248 g/mol. The van der Waals surface area contributed by atoms with Gasteiger partial charge in [-0.05, 0) is 26.3 Å². The number of nitrogens with zero attached hydrogens (tertiary/aromatic N) is 3. The Labute approximate surface area is 119 Å². The molecule has 2 aromatic rings. The highest BCUT2D eigenvalue weighted by Crippen LogP contribution is 2.22. The van der Waals surface area contributed by atoms with Crippen molar-refractivity contribution >= 4 is 5.95 Å².